The topological polar surface area (TPSA) is 47.1 Å². The molecule has 1 aromatic rings. The average molecular weight is 287 g/mol. The van der Waals surface area contributed by atoms with Gasteiger partial charge in [0.05, 0.1) is 5.69 Å². The van der Waals surface area contributed by atoms with Crippen LogP contribution in [0.5, 0.6) is 0 Å². The third-order valence-corrected chi connectivity index (χ3v) is 3.99. The van der Waals surface area contributed by atoms with Crippen molar-refractivity contribution in [3.8, 4) is 0 Å². The zero-order valence-corrected chi connectivity index (χ0v) is 13.3. The first-order valence-corrected chi connectivity index (χ1v) is 7.00. The molecular formula is C14H27ClN4. The number of nitrogens with two attached hydrogens (primary N) is 1. The van der Waals surface area contributed by atoms with E-state index in [9.17, 15) is 0 Å². The predicted molar refractivity (Wildman–Crippen MR) is 81.6 cm³/mol. The maximum absolute atomic E-state index is 5.98. The van der Waals surface area contributed by atoms with E-state index in [1.807, 2.05) is 0 Å². The van der Waals surface area contributed by atoms with Crippen LogP contribution >= 0.6 is 12.4 Å². The van der Waals surface area contributed by atoms with Gasteiger partial charge >= 0.3 is 0 Å². The standard InChI is InChI=1S/C14H26N4.ClH/c1-10(2)18-9-14(12(4)16-18)8-17-6-5-13(7-17)11(3)15;/h9-11,13H,5-8,15H2,1-4H3;1H. The fraction of sp³-hybridized carbons (Fsp3) is 0.786. The van der Waals surface area contributed by atoms with Crippen LogP contribution in [0.25, 0.3) is 0 Å². The van der Waals surface area contributed by atoms with E-state index in [0.29, 0.717) is 18.0 Å². The Kier molecular flexibility index (Phi) is 5.83. The maximum atomic E-state index is 5.98. The van der Waals surface area contributed by atoms with E-state index in [1.54, 1.807) is 0 Å². The van der Waals surface area contributed by atoms with Crippen molar-refractivity contribution in [1.82, 2.24) is 14.7 Å². The summed E-state index contributed by atoms with van der Waals surface area (Å²) < 4.78 is 2.06. The molecule has 1 aliphatic rings. The lowest BCUT2D eigenvalue weighted by Crippen LogP contribution is -2.29. The van der Waals surface area contributed by atoms with Crippen LogP contribution in [0.2, 0.25) is 0 Å². The molecule has 1 aromatic heterocycles. The van der Waals surface area contributed by atoms with Gasteiger partial charge in [0, 0.05) is 36.9 Å². The Labute approximate surface area is 122 Å². The van der Waals surface area contributed by atoms with Crippen LogP contribution in [0, 0.1) is 12.8 Å². The Balaban J connectivity index is 0.00000180. The van der Waals surface area contributed by atoms with E-state index in [4.69, 9.17) is 5.73 Å². The molecule has 0 bridgehead atoms. The molecule has 0 aliphatic carbocycles. The van der Waals surface area contributed by atoms with Gasteiger partial charge in [0.25, 0.3) is 0 Å². The first-order chi connectivity index (χ1) is 8.47. The molecule has 1 saturated heterocycles. The van der Waals surface area contributed by atoms with E-state index in [1.165, 1.54) is 18.5 Å². The number of hydrogen-bond donors (Lipinski definition) is 1. The van der Waals surface area contributed by atoms with E-state index < -0.39 is 0 Å². The smallest absolute Gasteiger partial charge is 0.0638 e. The number of rotatable bonds is 4. The van der Waals surface area contributed by atoms with Crippen molar-refractivity contribution >= 4 is 12.4 Å². The fourth-order valence-corrected chi connectivity index (χ4v) is 2.62. The third kappa shape index (κ3) is 3.94. The van der Waals surface area contributed by atoms with Gasteiger partial charge < -0.3 is 5.73 Å². The van der Waals surface area contributed by atoms with Crippen molar-refractivity contribution < 1.29 is 0 Å². The molecule has 2 atom stereocenters. The quantitative estimate of drug-likeness (QED) is 0.924. The van der Waals surface area contributed by atoms with Gasteiger partial charge in [-0.05, 0) is 46.6 Å². The van der Waals surface area contributed by atoms with E-state index >= 15 is 0 Å². The molecule has 0 saturated carbocycles. The molecule has 1 fully saturated rings. The summed E-state index contributed by atoms with van der Waals surface area (Å²) in [5.41, 5.74) is 8.50. The van der Waals surface area contributed by atoms with Crippen LogP contribution in [0.1, 0.15) is 44.5 Å². The van der Waals surface area contributed by atoms with Gasteiger partial charge in [0.2, 0.25) is 0 Å². The van der Waals surface area contributed by atoms with Crippen molar-refractivity contribution in [3.63, 3.8) is 0 Å². The maximum Gasteiger partial charge on any atom is 0.0638 e. The largest absolute Gasteiger partial charge is 0.328 e. The summed E-state index contributed by atoms with van der Waals surface area (Å²) in [6.07, 6.45) is 3.42. The van der Waals surface area contributed by atoms with E-state index in [0.717, 1.165) is 18.8 Å². The van der Waals surface area contributed by atoms with Crippen molar-refractivity contribution in [2.45, 2.75) is 52.7 Å². The molecule has 0 aromatic carbocycles. The number of likely N-dealkylation sites (tertiary alicyclic amines) is 1. The Morgan fingerprint density at radius 3 is 2.58 bits per heavy atom. The Morgan fingerprint density at radius 1 is 1.42 bits per heavy atom. The summed E-state index contributed by atoms with van der Waals surface area (Å²) in [5, 5.41) is 4.57. The average Bonchev–Trinajstić information content (AvgIpc) is 2.87. The zero-order valence-electron chi connectivity index (χ0n) is 12.5. The van der Waals surface area contributed by atoms with Crippen LogP contribution in [-0.4, -0.2) is 33.8 Å². The number of aryl methyl sites for hydroxylation is 1. The molecule has 4 nitrogen and oxygen atoms in total. The summed E-state index contributed by atoms with van der Waals surface area (Å²) in [7, 11) is 0. The van der Waals surface area contributed by atoms with Crippen LogP contribution in [-0.2, 0) is 6.54 Å². The Bertz CT molecular complexity index is 400. The summed E-state index contributed by atoms with van der Waals surface area (Å²) in [6.45, 7) is 11.9. The monoisotopic (exact) mass is 286 g/mol. The van der Waals surface area contributed by atoms with Gasteiger partial charge in [-0.1, -0.05) is 0 Å². The second-order valence-electron chi connectivity index (χ2n) is 5.96. The minimum Gasteiger partial charge on any atom is -0.328 e. The normalized spacial score (nSPS) is 21.7. The van der Waals surface area contributed by atoms with Crippen LogP contribution < -0.4 is 5.73 Å². The van der Waals surface area contributed by atoms with E-state index in [2.05, 4.69) is 48.6 Å². The molecule has 110 valence electrons. The highest BCUT2D eigenvalue weighted by atomic mass is 35.5. The number of aromatic nitrogens is 2. The Morgan fingerprint density at radius 2 is 2.11 bits per heavy atom. The van der Waals surface area contributed by atoms with Gasteiger partial charge in [-0.2, -0.15) is 5.10 Å². The van der Waals surface area contributed by atoms with Gasteiger partial charge in [0.15, 0.2) is 0 Å². The zero-order chi connectivity index (χ0) is 13.3. The summed E-state index contributed by atoms with van der Waals surface area (Å²) in [4.78, 5) is 2.50. The number of halogens is 1. The van der Waals surface area contributed by atoms with Gasteiger partial charge in [-0.3, -0.25) is 9.58 Å². The first kappa shape index (κ1) is 16.5. The summed E-state index contributed by atoms with van der Waals surface area (Å²) in [5.74, 6) is 0.658. The van der Waals surface area contributed by atoms with Gasteiger partial charge in [-0.25, -0.2) is 0 Å². The molecule has 2 rings (SSSR count). The molecule has 2 unspecified atom stereocenters. The highest BCUT2D eigenvalue weighted by molar-refractivity contribution is 5.85. The minimum atomic E-state index is 0. The second kappa shape index (κ2) is 6.73. The lowest BCUT2D eigenvalue weighted by molar-refractivity contribution is 0.308. The second-order valence-corrected chi connectivity index (χ2v) is 5.96. The number of nitrogens with zero attached hydrogens (tertiary/aromatic N) is 3. The Hall–Kier alpha value is -0.580. The molecule has 5 heteroatoms. The van der Waals surface area contributed by atoms with Crippen molar-refractivity contribution in [2.24, 2.45) is 11.7 Å². The lowest BCUT2D eigenvalue weighted by atomic mass is 10.0. The van der Waals surface area contributed by atoms with Crippen molar-refractivity contribution in [2.75, 3.05) is 13.1 Å². The minimum absolute atomic E-state index is 0. The van der Waals surface area contributed by atoms with Crippen LogP contribution in [0.4, 0.5) is 0 Å². The van der Waals surface area contributed by atoms with E-state index in [-0.39, 0.29) is 12.4 Å². The van der Waals surface area contributed by atoms with Crippen LogP contribution in [0.3, 0.4) is 0 Å². The molecule has 0 radical (unpaired) electrons. The third-order valence-electron chi connectivity index (χ3n) is 3.99. The highest BCUT2D eigenvalue weighted by Gasteiger charge is 2.25. The molecule has 0 spiro atoms. The highest BCUT2D eigenvalue weighted by Crippen LogP contribution is 2.22. The molecule has 1 aliphatic heterocycles. The first-order valence-electron chi connectivity index (χ1n) is 7.00. The predicted octanol–water partition coefficient (Wildman–Crippen LogP) is 2.36. The SMILES string of the molecule is Cc1nn(C(C)C)cc1CN1CCC(C(C)N)C1.Cl. The summed E-state index contributed by atoms with van der Waals surface area (Å²) >= 11 is 0. The van der Waals surface area contributed by atoms with Crippen molar-refractivity contribution in [1.29, 1.82) is 0 Å². The lowest BCUT2D eigenvalue weighted by Gasteiger charge is -2.17. The van der Waals surface area contributed by atoms with Gasteiger partial charge in [-0.15, -0.1) is 12.4 Å². The fourth-order valence-electron chi connectivity index (χ4n) is 2.62. The molecule has 19 heavy (non-hydrogen) atoms. The molecule has 2 N–H and O–H groups in total. The molecule has 2 heterocycles. The van der Waals surface area contributed by atoms with Crippen molar-refractivity contribution in [3.05, 3.63) is 17.5 Å². The summed E-state index contributed by atoms with van der Waals surface area (Å²) in [6, 6.07) is 0.752. The number of hydrogen-bond acceptors (Lipinski definition) is 3. The molecule has 0 amide bonds. The van der Waals surface area contributed by atoms with Gasteiger partial charge in [0.1, 0.15) is 0 Å². The molecular weight excluding hydrogens is 260 g/mol. The van der Waals surface area contributed by atoms with Crippen LogP contribution in [0.15, 0.2) is 6.20 Å².